The van der Waals surface area contributed by atoms with Crippen molar-refractivity contribution in [3.05, 3.63) is 12.2 Å². The highest BCUT2D eigenvalue weighted by Crippen LogP contribution is 2.24. The summed E-state index contributed by atoms with van der Waals surface area (Å²) >= 11 is 0. The predicted molar refractivity (Wildman–Crippen MR) is 192 cm³/mol. The van der Waals surface area contributed by atoms with E-state index in [9.17, 15) is 37.9 Å². The molecule has 0 radical (unpaired) electrons. The molecule has 0 aliphatic carbocycles. The summed E-state index contributed by atoms with van der Waals surface area (Å²) in [5.74, 6) is -2.00. The zero-order chi connectivity index (χ0) is 37.0. The summed E-state index contributed by atoms with van der Waals surface area (Å²) < 4.78 is 53.7. The molecule has 0 bridgehead atoms. The largest absolute Gasteiger partial charge is 0.462 e. The van der Waals surface area contributed by atoms with Crippen LogP contribution in [0, 0.1) is 0 Å². The molecule has 50 heavy (non-hydrogen) atoms. The lowest BCUT2D eigenvalue weighted by Crippen LogP contribution is -2.60. The Kier molecular flexibility index (Phi) is 26.8. The molecule has 0 aromatic carbocycles. The van der Waals surface area contributed by atoms with Crippen molar-refractivity contribution < 1.29 is 56.8 Å². The van der Waals surface area contributed by atoms with Gasteiger partial charge in [0, 0.05) is 12.8 Å². The number of esters is 2. The molecule has 0 spiro atoms. The Balaban J connectivity index is 2.54. The van der Waals surface area contributed by atoms with Crippen molar-refractivity contribution in [2.24, 2.45) is 0 Å². The standard InChI is InChI=1S/C37H68O12S/c1-3-5-7-9-11-13-14-15-16-18-20-22-24-26-33(39)48-30(27-46-32(38)25-23-21-19-17-12-10-8-6-4-2)28-47-37-36(42)35(41)34(40)31(49-37)29-50(43,44)45/h15-16,30-31,34-37,40-42H,3-14,17-29H2,1-2H3,(H,43,44,45)/b16-15+/t30-,31-,34-,35?,36?,37+/m1/s1. The van der Waals surface area contributed by atoms with Gasteiger partial charge in [0.05, 0.1) is 6.61 Å². The molecule has 0 aromatic rings. The summed E-state index contributed by atoms with van der Waals surface area (Å²) in [6.07, 6.45) is 17.1. The van der Waals surface area contributed by atoms with Gasteiger partial charge in [-0.05, 0) is 38.5 Å². The first kappa shape index (κ1) is 46.4. The van der Waals surface area contributed by atoms with Crippen LogP contribution in [0.3, 0.4) is 0 Å². The number of hydrogen-bond acceptors (Lipinski definition) is 11. The highest BCUT2D eigenvalue weighted by Gasteiger charge is 2.46. The van der Waals surface area contributed by atoms with E-state index in [1.165, 1.54) is 70.6 Å². The van der Waals surface area contributed by atoms with Crippen LogP contribution in [-0.2, 0) is 38.7 Å². The molecule has 4 N–H and O–H groups in total. The lowest BCUT2D eigenvalue weighted by atomic mass is 10.00. The van der Waals surface area contributed by atoms with E-state index >= 15 is 0 Å². The van der Waals surface area contributed by atoms with Gasteiger partial charge in [-0.15, -0.1) is 0 Å². The monoisotopic (exact) mass is 736 g/mol. The molecular formula is C37H68O12S. The van der Waals surface area contributed by atoms with Crippen LogP contribution < -0.4 is 0 Å². The van der Waals surface area contributed by atoms with Crippen molar-refractivity contribution >= 4 is 22.1 Å². The maximum absolute atomic E-state index is 12.7. The molecular weight excluding hydrogens is 668 g/mol. The lowest BCUT2D eigenvalue weighted by Gasteiger charge is -2.40. The van der Waals surface area contributed by atoms with E-state index in [4.69, 9.17) is 18.9 Å². The third-order valence-corrected chi connectivity index (χ3v) is 9.60. The second-order valence-electron chi connectivity index (χ2n) is 13.6. The molecule has 12 nitrogen and oxygen atoms in total. The van der Waals surface area contributed by atoms with E-state index in [0.717, 1.165) is 44.9 Å². The number of aliphatic hydroxyl groups excluding tert-OH is 3. The van der Waals surface area contributed by atoms with E-state index < -0.39 is 71.2 Å². The minimum Gasteiger partial charge on any atom is -0.462 e. The molecule has 0 aromatic heterocycles. The third-order valence-electron chi connectivity index (χ3n) is 8.85. The molecule has 1 heterocycles. The van der Waals surface area contributed by atoms with Gasteiger partial charge < -0.3 is 34.3 Å². The summed E-state index contributed by atoms with van der Waals surface area (Å²) in [6.45, 7) is 3.68. The summed E-state index contributed by atoms with van der Waals surface area (Å²) in [6, 6.07) is 0. The lowest BCUT2D eigenvalue weighted by molar-refractivity contribution is -0.297. The zero-order valence-corrected chi connectivity index (χ0v) is 31.6. The van der Waals surface area contributed by atoms with Gasteiger partial charge in [0.15, 0.2) is 12.4 Å². The van der Waals surface area contributed by atoms with Crippen LogP contribution in [0.15, 0.2) is 12.2 Å². The van der Waals surface area contributed by atoms with Gasteiger partial charge in [-0.2, -0.15) is 8.42 Å². The molecule has 0 saturated carbocycles. The second kappa shape index (κ2) is 28.9. The predicted octanol–water partition coefficient (Wildman–Crippen LogP) is 6.33. The molecule has 6 atom stereocenters. The summed E-state index contributed by atoms with van der Waals surface area (Å²) in [5.41, 5.74) is 0. The fourth-order valence-corrected chi connectivity index (χ4v) is 6.48. The van der Waals surface area contributed by atoms with Gasteiger partial charge in [0.25, 0.3) is 10.1 Å². The third kappa shape index (κ3) is 23.8. The molecule has 0 amide bonds. The second-order valence-corrected chi connectivity index (χ2v) is 15.1. The summed E-state index contributed by atoms with van der Waals surface area (Å²) in [5, 5.41) is 30.7. The Hall–Kier alpha value is -1.61. The van der Waals surface area contributed by atoms with Crippen molar-refractivity contribution in [1.29, 1.82) is 0 Å². The van der Waals surface area contributed by atoms with Crippen molar-refractivity contribution in [3.8, 4) is 0 Å². The van der Waals surface area contributed by atoms with Crippen LogP contribution in [0.1, 0.15) is 155 Å². The van der Waals surface area contributed by atoms with Crippen LogP contribution in [0.2, 0.25) is 0 Å². The molecule has 1 rings (SSSR count). The van der Waals surface area contributed by atoms with E-state index in [1.54, 1.807) is 0 Å². The molecule has 1 fully saturated rings. The number of hydrogen-bond donors (Lipinski definition) is 4. The number of carbonyl (C=O) groups excluding carboxylic acids is 2. The Morgan fingerprint density at radius 3 is 1.68 bits per heavy atom. The highest BCUT2D eigenvalue weighted by molar-refractivity contribution is 7.85. The molecule has 13 heteroatoms. The number of aliphatic hydroxyl groups is 3. The first-order valence-electron chi connectivity index (χ1n) is 19.2. The number of ether oxygens (including phenoxy) is 4. The summed E-state index contributed by atoms with van der Waals surface area (Å²) in [4.78, 5) is 25.1. The van der Waals surface area contributed by atoms with E-state index in [-0.39, 0.29) is 19.4 Å². The van der Waals surface area contributed by atoms with Crippen LogP contribution >= 0.6 is 0 Å². The Morgan fingerprint density at radius 1 is 0.660 bits per heavy atom. The minimum atomic E-state index is -4.59. The van der Waals surface area contributed by atoms with Gasteiger partial charge in [0.1, 0.15) is 36.8 Å². The van der Waals surface area contributed by atoms with Gasteiger partial charge in [-0.1, -0.05) is 116 Å². The molecule has 2 unspecified atom stereocenters. The van der Waals surface area contributed by atoms with Crippen LogP contribution in [-0.4, -0.2) is 96.0 Å². The van der Waals surface area contributed by atoms with Gasteiger partial charge in [-0.3, -0.25) is 14.1 Å². The van der Waals surface area contributed by atoms with Crippen molar-refractivity contribution in [1.82, 2.24) is 0 Å². The average Bonchev–Trinajstić information content (AvgIpc) is 3.07. The zero-order valence-electron chi connectivity index (χ0n) is 30.8. The Bertz CT molecular complexity index is 1000. The van der Waals surface area contributed by atoms with Gasteiger partial charge in [0.2, 0.25) is 0 Å². The first-order valence-corrected chi connectivity index (χ1v) is 20.9. The first-order chi connectivity index (χ1) is 24.0. The number of carbonyl (C=O) groups is 2. The van der Waals surface area contributed by atoms with Crippen LogP contribution in [0.4, 0.5) is 0 Å². The molecule has 1 saturated heterocycles. The van der Waals surface area contributed by atoms with E-state index in [1.807, 2.05) is 0 Å². The van der Waals surface area contributed by atoms with Crippen LogP contribution in [0.25, 0.3) is 0 Å². The number of unbranched alkanes of at least 4 members (excludes halogenated alkanes) is 17. The van der Waals surface area contributed by atoms with Gasteiger partial charge >= 0.3 is 11.9 Å². The molecule has 1 aliphatic rings. The smallest absolute Gasteiger partial charge is 0.306 e. The quantitative estimate of drug-likeness (QED) is 0.0269. The highest BCUT2D eigenvalue weighted by atomic mass is 32.2. The number of rotatable bonds is 31. The normalized spacial score (nSPS) is 21.8. The number of allylic oxidation sites excluding steroid dienone is 2. The van der Waals surface area contributed by atoms with Gasteiger partial charge in [-0.25, -0.2) is 0 Å². The van der Waals surface area contributed by atoms with Crippen molar-refractivity contribution in [2.75, 3.05) is 19.0 Å². The topological polar surface area (TPSA) is 186 Å². The van der Waals surface area contributed by atoms with E-state index in [2.05, 4.69) is 26.0 Å². The Morgan fingerprint density at radius 2 is 1.14 bits per heavy atom. The van der Waals surface area contributed by atoms with E-state index in [0.29, 0.717) is 12.8 Å². The Labute approximate surface area is 301 Å². The fourth-order valence-electron chi connectivity index (χ4n) is 5.79. The van der Waals surface area contributed by atoms with Crippen LogP contribution in [0.5, 0.6) is 0 Å². The van der Waals surface area contributed by atoms with Crippen molar-refractivity contribution in [2.45, 2.75) is 192 Å². The molecule has 294 valence electrons. The SMILES string of the molecule is CCCCCCCC/C=C/CCCCCC(=O)O[C@H](COC(=O)CCCCCCCCCCC)CO[C@H]1O[C@H](CS(=O)(=O)O)[C@@H](O)C(O)C1O. The fraction of sp³-hybridized carbons (Fsp3) is 0.892. The minimum absolute atomic E-state index is 0.147. The molecule has 1 aliphatic heterocycles. The summed E-state index contributed by atoms with van der Waals surface area (Å²) in [7, 11) is -4.59. The van der Waals surface area contributed by atoms with Crippen molar-refractivity contribution in [3.63, 3.8) is 0 Å². The maximum Gasteiger partial charge on any atom is 0.306 e. The maximum atomic E-state index is 12.7. The average molecular weight is 737 g/mol.